The molecule has 1 aliphatic heterocycles. The average molecular weight is 479 g/mol. The quantitative estimate of drug-likeness (QED) is 0.282. The summed E-state index contributed by atoms with van der Waals surface area (Å²) < 4.78 is 10.7. The molecule has 1 unspecified atom stereocenters. The zero-order valence-electron chi connectivity index (χ0n) is 15.4. The van der Waals surface area contributed by atoms with E-state index in [1.165, 1.54) is 17.7 Å². The number of hydrogen-bond acceptors (Lipinski definition) is 4. The second-order valence-corrected chi connectivity index (χ2v) is 7.14. The Balaban J connectivity index is 0.00000312. The Hall–Kier alpha value is -0.670. The fourth-order valence-corrected chi connectivity index (χ4v) is 3.84. The van der Waals surface area contributed by atoms with Crippen molar-refractivity contribution >= 4 is 41.7 Å². The molecule has 1 heterocycles. The third-order valence-corrected chi connectivity index (χ3v) is 5.38. The van der Waals surface area contributed by atoms with Crippen LogP contribution in [-0.2, 0) is 11.3 Å². The normalized spacial score (nSPS) is 17.8. The highest BCUT2D eigenvalue weighted by atomic mass is 127. The van der Waals surface area contributed by atoms with Gasteiger partial charge in [-0.15, -0.1) is 24.0 Å². The van der Waals surface area contributed by atoms with Gasteiger partial charge in [-0.1, -0.05) is 19.1 Å². The number of ether oxygens (including phenoxy) is 2. The molecule has 0 amide bonds. The minimum absolute atomic E-state index is 0. The van der Waals surface area contributed by atoms with Crippen molar-refractivity contribution in [3.63, 3.8) is 0 Å². The van der Waals surface area contributed by atoms with Crippen molar-refractivity contribution < 1.29 is 9.47 Å². The molecule has 0 spiro atoms. The number of aliphatic imine (C=N–C) groups is 1. The molecule has 2 rings (SSSR count). The molecule has 1 aromatic carbocycles. The predicted molar refractivity (Wildman–Crippen MR) is 118 cm³/mol. The molecule has 5 nitrogen and oxygen atoms in total. The highest BCUT2D eigenvalue weighted by Crippen LogP contribution is 2.21. The van der Waals surface area contributed by atoms with Gasteiger partial charge in [-0.3, -0.25) is 4.99 Å². The van der Waals surface area contributed by atoms with Crippen LogP contribution in [0.15, 0.2) is 29.3 Å². The summed E-state index contributed by atoms with van der Waals surface area (Å²) in [6.45, 7) is 6.29. The average Bonchev–Trinajstić information content (AvgIpc) is 2.63. The van der Waals surface area contributed by atoms with Gasteiger partial charge in [0, 0.05) is 44.8 Å². The molecule has 0 aliphatic carbocycles. The lowest BCUT2D eigenvalue weighted by Gasteiger charge is -2.34. The van der Waals surface area contributed by atoms with E-state index in [4.69, 9.17) is 9.47 Å². The second-order valence-electron chi connectivity index (χ2n) is 5.74. The molecule has 7 heteroatoms. The second kappa shape index (κ2) is 12.6. The van der Waals surface area contributed by atoms with Crippen molar-refractivity contribution in [2.45, 2.75) is 25.1 Å². The number of rotatable bonds is 7. The van der Waals surface area contributed by atoms with Gasteiger partial charge < -0.3 is 19.7 Å². The number of guanidine groups is 1. The number of methoxy groups -OCH3 is 1. The Morgan fingerprint density at radius 1 is 1.40 bits per heavy atom. The number of nitrogens with one attached hydrogen (secondary N) is 1. The molecule has 0 saturated carbocycles. The van der Waals surface area contributed by atoms with Crippen molar-refractivity contribution in [3.05, 3.63) is 29.8 Å². The van der Waals surface area contributed by atoms with Crippen LogP contribution in [-0.4, -0.2) is 62.3 Å². The predicted octanol–water partition coefficient (Wildman–Crippen LogP) is 3.23. The minimum atomic E-state index is 0. The van der Waals surface area contributed by atoms with Gasteiger partial charge in [0.05, 0.1) is 6.61 Å². The van der Waals surface area contributed by atoms with Crippen LogP contribution in [0.4, 0.5) is 0 Å². The van der Waals surface area contributed by atoms with Crippen molar-refractivity contribution in [1.29, 1.82) is 0 Å². The zero-order chi connectivity index (χ0) is 17.2. The van der Waals surface area contributed by atoms with Gasteiger partial charge in [0.15, 0.2) is 5.96 Å². The fourth-order valence-electron chi connectivity index (χ4n) is 2.66. The van der Waals surface area contributed by atoms with E-state index in [2.05, 4.69) is 46.0 Å². The number of halogens is 1. The highest BCUT2D eigenvalue weighted by molar-refractivity contribution is 14.0. The molecule has 25 heavy (non-hydrogen) atoms. The van der Waals surface area contributed by atoms with Crippen LogP contribution < -0.4 is 10.1 Å². The third-order valence-electron chi connectivity index (χ3n) is 4.01. The number of nitrogens with zero attached hydrogens (tertiary/aromatic N) is 2. The Morgan fingerprint density at radius 2 is 2.24 bits per heavy atom. The first kappa shape index (κ1) is 22.4. The number of hydrogen-bond donors (Lipinski definition) is 1. The van der Waals surface area contributed by atoms with Gasteiger partial charge in [-0.2, -0.15) is 11.8 Å². The summed E-state index contributed by atoms with van der Waals surface area (Å²) in [5.41, 5.74) is 1.18. The van der Waals surface area contributed by atoms with E-state index < -0.39 is 0 Å². The lowest BCUT2D eigenvalue weighted by molar-refractivity contribution is 0.146. The Bertz CT molecular complexity index is 531. The first-order chi connectivity index (χ1) is 11.8. The largest absolute Gasteiger partial charge is 0.491 e. The first-order valence-electron chi connectivity index (χ1n) is 8.54. The molecule has 0 aromatic heterocycles. The van der Waals surface area contributed by atoms with Gasteiger partial charge in [-0.05, 0) is 24.1 Å². The molecular formula is C18H30IN3O2S. The summed E-state index contributed by atoms with van der Waals surface area (Å²) in [7, 11) is 3.53. The standard InChI is InChI=1S/C18H29N3O2S.HI/c1-4-17-14-21(8-11-24-17)18(19-2)20-13-15-6-5-7-16(12-15)23-10-9-22-3;/h5-7,12,17H,4,8-11,13-14H2,1-3H3,(H,19,20);1H. The lowest BCUT2D eigenvalue weighted by atomic mass is 10.2. The van der Waals surface area contributed by atoms with Crippen LogP contribution in [0.3, 0.4) is 0 Å². The molecular weight excluding hydrogens is 449 g/mol. The van der Waals surface area contributed by atoms with Gasteiger partial charge in [0.1, 0.15) is 12.4 Å². The molecule has 1 fully saturated rings. The summed E-state index contributed by atoms with van der Waals surface area (Å²) in [5.74, 6) is 3.03. The van der Waals surface area contributed by atoms with Crippen molar-refractivity contribution in [2.75, 3.05) is 46.2 Å². The van der Waals surface area contributed by atoms with Crippen LogP contribution in [0.2, 0.25) is 0 Å². The SMILES string of the molecule is CCC1CN(C(=NC)NCc2cccc(OCCOC)c2)CCS1.I. The first-order valence-corrected chi connectivity index (χ1v) is 9.59. The van der Waals surface area contributed by atoms with Crippen LogP contribution in [0.5, 0.6) is 5.75 Å². The van der Waals surface area contributed by atoms with E-state index in [1.54, 1.807) is 7.11 Å². The van der Waals surface area contributed by atoms with Gasteiger partial charge in [0.2, 0.25) is 0 Å². The Labute approximate surface area is 173 Å². The lowest BCUT2D eigenvalue weighted by Crippen LogP contribution is -2.47. The van der Waals surface area contributed by atoms with E-state index in [-0.39, 0.29) is 24.0 Å². The zero-order valence-corrected chi connectivity index (χ0v) is 18.5. The highest BCUT2D eigenvalue weighted by Gasteiger charge is 2.21. The van der Waals surface area contributed by atoms with E-state index in [9.17, 15) is 0 Å². The van der Waals surface area contributed by atoms with E-state index in [0.29, 0.717) is 18.5 Å². The molecule has 1 saturated heterocycles. The summed E-state index contributed by atoms with van der Waals surface area (Å²) in [6.07, 6.45) is 1.21. The summed E-state index contributed by atoms with van der Waals surface area (Å²) in [4.78, 5) is 6.82. The maximum atomic E-state index is 5.67. The van der Waals surface area contributed by atoms with Gasteiger partial charge in [-0.25, -0.2) is 0 Å². The van der Waals surface area contributed by atoms with Gasteiger partial charge in [0.25, 0.3) is 0 Å². The minimum Gasteiger partial charge on any atom is -0.491 e. The summed E-state index contributed by atoms with van der Waals surface area (Å²) in [5, 5.41) is 4.18. The maximum Gasteiger partial charge on any atom is 0.193 e. The van der Waals surface area contributed by atoms with E-state index in [1.807, 2.05) is 19.2 Å². The molecule has 142 valence electrons. The summed E-state index contributed by atoms with van der Waals surface area (Å²) >= 11 is 2.07. The molecule has 1 aliphatic rings. The maximum absolute atomic E-state index is 5.67. The molecule has 0 bridgehead atoms. The Kier molecular flexibility index (Phi) is 11.3. The molecule has 1 atom stereocenters. The molecule has 0 radical (unpaired) electrons. The Morgan fingerprint density at radius 3 is 2.96 bits per heavy atom. The summed E-state index contributed by atoms with van der Waals surface area (Å²) in [6, 6.07) is 8.16. The van der Waals surface area contributed by atoms with Crippen LogP contribution in [0.25, 0.3) is 0 Å². The smallest absolute Gasteiger partial charge is 0.193 e. The van der Waals surface area contributed by atoms with E-state index >= 15 is 0 Å². The third kappa shape index (κ3) is 7.62. The van der Waals surface area contributed by atoms with Crippen molar-refractivity contribution in [1.82, 2.24) is 10.2 Å². The van der Waals surface area contributed by atoms with E-state index in [0.717, 1.165) is 31.3 Å². The van der Waals surface area contributed by atoms with Crippen molar-refractivity contribution in [2.24, 2.45) is 4.99 Å². The van der Waals surface area contributed by atoms with Crippen molar-refractivity contribution in [3.8, 4) is 5.75 Å². The monoisotopic (exact) mass is 479 g/mol. The van der Waals surface area contributed by atoms with Crippen LogP contribution in [0.1, 0.15) is 18.9 Å². The van der Waals surface area contributed by atoms with Crippen LogP contribution >= 0.6 is 35.7 Å². The molecule has 1 aromatic rings. The number of thioether (sulfide) groups is 1. The van der Waals surface area contributed by atoms with Gasteiger partial charge >= 0.3 is 0 Å². The topological polar surface area (TPSA) is 46.1 Å². The number of benzene rings is 1. The van der Waals surface area contributed by atoms with Crippen LogP contribution in [0, 0.1) is 0 Å². The molecule has 1 N–H and O–H groups in total. The fraction of sp³-hybridized carbons (Fsp3) is 0.611.